The van der Waals surface area contributed by atoms with E-state index in [1.54, 1.807) is 23.1 Å². The summed E-state index contributed by atoms with van der Waals surface area (Å²) in [5.41, 5.74) is 2.47. The maximum absolute atomic E-state index is 14.2. The molecule has 0 N–H and O–H groups in total. The summed E-state index contributed by atoms with van der Waals surface area (Å²) in [5.74, 6) is -0.125. The van der Waals surface area contributed by atoms with Gasteiger partial charge in [0.25, 0.3) is 0 Å². The second-order valence-corrected chi connectivity index (χ2v) is 7.63. The number of carbonyl (C=O) groups excluding carboxylic acids is 1. The van der Waals surface area contributed by atoms with Gasteiger partial charge in [-0.15, -0.1) is 0 Å². The zero-order valence-electron chi connectivity index (χ0n) is 15.9. The molecular weight excluding hydrogens is 355 g/mol. The molecule has 0 spiro atoms. The molecular formula is C23H25FN2O2. The molecule has 1 fully saturated rings. The minimum Gasteiger partial charge on any atom is -0.390 e. The number of halogens is 1. The minimum absolute atomic E-state index is 0.0442. The van der Waals surface area contributed by atoms with Gasteiger partial charge in [0, 0.05) is 24.4 Å². The highest BCUT2D eigenvalue weighted by Gasteiger charge is 2.31. The first kappa shape index (κ1) is 18.7. The van der Waals surface area contributed by atoms with E-state index in [0.717, 1.165) is 37.0 Å². The maximum Gasteiger partial charge on any atom is 0.226 e. The van der Waals surface area contributed by atoms with Crippen molar-refractivity contribution in [1.82, 2.24) is 4.90 Å². The largest absolute Gasteiger partial charge is 0.390 e. The van der Waals surface area contributed by atoms with Crippen LogP contribution in [-0.2, 0) is 16.2 Å². The highest BCUT2D eigenvalue weighted by Crippen LogP contribution is 2.28. The lowest BCUT2D eigenvalue weighted by Crippen LogP contribution is -2.40. The van der Waals surface area contributed by atoms with Crippen LogP contribution in [0, 0.1) is 11.7 Å². The Morgan fingerprint density at radius 1 is 1.07 bits per heavy atom. The van der Waals surface area contributed by atoms with Gasteiger partial charge in [0.15, 0.2) is 6.10 Å². The summed E-state index contributed by atoms with van der Waals surface area (Å²) in [6, 6.07) is 16.6. The number of oxime groups is 1. The lowest BCUT2D eigenvalue weighted by atomic mass is 10.0. The summed E-state index contributed by atoms with van der Waals surface area (Å²) in [4.78, 5) is 20.5. The third-order valence-corrected chi connectivity index (χ3v) is 5.60. The molecule has 2 aromatic rings. The molecule has 1 aliphatic heterocycles. The van der Waals surface area contributed by atoms with Gasteiger partial charge in [0.05, 0.1) is 12.3 Å². The zero-order chi connectivity index (χ0) is 19.3. The fourth-order valence-electron chi connectivity index (χ4n) is 4.07. The lowest BCUT2D eigenvalue weighted by molar-refractivity contribution is -0.137. The average molecular weight is 380 g/mol. The Labute approximate surface area is 165 Å². The summed E-state index contributed by atoms with van der Waals surface area (Å²) < 4.78 is 14.2. The number of benzene rings is 2. The molecule has 0 bridgehead atoms. The molecule has 1 unspecified atom stereocenters. The van der Waals surface area contributed by atoms with Crippen molar-refractivity contribution in [1.29, 1.82) is 0 Å². The van der Waals surface area contributed by atoms with Crippen molar-refractivity contribution in [2.45, 2.75) is 44.8 Å². The topological polar surface area (TPSA) is 41.9 Å². The SMILES string of the molecule is O=C(C1CCCC1)N(Cc1ccccc1F)CC1CC(c2ccccc2)=NO1. The molecule has 1 heterocycles. The van der Waals surface area contributed by atoms with Gasteiger partial charge in [-0.3, -0.25) is 4.79 Å². The van der Waals surface area contributed by atoms with E-state index in [1.165, 1.54) is 6.07 Å². The van der Waals surface area contributed by atoms with Gasteiger partial charge in [-0.05, 0) is 24.5 Å². The molecule has 5 heteroatoms. The molecule has 28 heavy (non-hydrogen) atoms. The van der Waals surface area contributed by atoms with Gasteiger partial charge < -0.3 is 9.74 Å². The van der Waals surface area contributed by atoms with Crippen molar-refractivity contribution in [3.05, 3.63) is 71.5 Å². The highest BCUT2D eigenvalue weighted by atomic mass is 19.1. The molecule has 0 saturated heterocycles. The third-order valence-electron chi connectivity index (χ3n) is 5.60. The fourth-order valence-corrected chi connectivity index (χ4v) is 4.07. The first-order valence-electron chi connectivity index (χ1n) is 10.0. The Bertz CT molecular complexity index is 847. The van der Waals surface area contributed by atoms with Gasteiger partial charge in [0.2, 0.25) is 5.91 Å². The van der Waals surface area contributed by atoms with Crippen molar-refractivity contribution in [2.24, 2.45) is 11.1 Å². The van der Waals surface area contributed by atoms with Crippen molar-refractivity contribution < 1.29 is 14.0 Å². The summed E-state index contributed by atoms with van der Waals surface area (Å²) in [6.07, 6.45) is 4.46. The second kappa shape index (κ2) is 8.55. The van der Waals surface area contributed by atoms with Gasteiger partial charge in [0.1, 0.15) is 5.82 Å². The summed E-state index contributed by atoms with van der Waals surface area (Å²) >= 11 is 0. The summed E-state index contributed by atoms with van der Waals surface area (Å²) in [5, 5.41) is 4.23. The molecule has 4 rings (SSSR count). The number of amides is 1. The van der Waals surface area contributed by atoms with Crippen LogP contribution in [0.4, 0.5) is 4.39 Å². The Kier molecular flexibility index (Phi) is 5.70. The number of hydrogen-bond donors (Lipinski definition) is 0. The minimum atomic E-state index is -0.278. The van der Waals surface area contributed by atoms with E-state index in [0.29, 0.717) is 18.5 Å². The number of hydrogen-bond acceptors (Lipinski definition) is 3. The molecule has 1 atom stereocenters. The lowest BCUT2D eigenvalue weighted by Gasteiger charge is -2.27. The van der Waals surface area contributed by atoms with Crippen LogP contribution in [0.2, 0.25) is 0 Å². The van der Waals surface area contributed by atoms with Crippen molar-refractivity contribution in [3.63, 3.8) is 0 Å². The van der Waals surface area contributed by atoms with Crippen LogP contribution in [-0.4, -0.2) is 29.2 Å². The molecule has 4 nitrogen and oxygen atoms in total. The van der Waals surface area contributed by atoms with Crippen molar-refractivity contribution in [3.8, 4) is 0 Å². The molecule has 2 aromatic carbocycles. The molecule has 1 amide bonds. The molecule has 0 aromatic heterocycles. The first-order valence-corrected chi connectivity index (χ1v) is 10.0. The van der Waals surface area contributed by atoms with Gasteiger partial charge in [-0.2, -0.15) is 0 Å². The normalized spacial score (nSPS) is 19.3. The van der Waals surface area contributed by atoms with Crippen LogP contribution in [0.1, 0.15) is 43.2 Å². The first-order chi connectivity index (χ1) is 13.7. The standard InChI is InChI=1S/C23H25FN2O2/c24-21-13-7-6-12-19(21)15-26(23(27)18-10-4-5-11-18)16-20-14-22(25-28-20)17-8-2-1-3-9-17/h1-3,6-9,12-13,18,20H,4-5,10-11,14-16H2. The third kappa shape index (κ3) is 4.24. The summed E-state index contributed by atoms with van der Waals surface area (Å²) in [7, 11) is 0. The zero-order valence-corrected chi connectivity index (χ0v) is 15.9. The van der Waals surface area contributed by atoms with E-state index in [2.05, 4.69) is 5.16 Å². The van der Waals surface area contributed by atoms with E-state index in [-0.39, 0.29) is 30.3 Å². The van der Waals surface area contributed by atoms with Crippen LogP contribution >= 0.6 is 0 Å². The van der Waals surface area contributed by atoms with Crippen molar-refractivity contribution >= 4 is 11.6 Å². The Morgan fingerprint density at radius 2 is 1.79 bits per heavy atom. The van der Waals surface area contributed by atoms with Gasteiger partial charge in [-0.1, -0.05) is 66.5 Å². The number of nitrogens with zero attached hydrogens (tertiary/aromatic N) is 2. The van der Waals surface area contributed by atoms with Crippen LogP contribution < -0.4 is 0 Å². The highest BCUT2D eigenvalue weighted by molar-refractivity contribution is 6.01. The van der Waals surface area contributed by atoms with E-state index < -0.39 is 0 Å². The van der Waals surface area contributed by atoms with Gasteiger partial charge in [-0.25, -0.2) is 4.39 Å². The Hall–Kier alpha value is -2.69. The van der Waals surface area contributed by atoms with E-state index in [4.69, 9.17) is 4.84 Å². The summed E-state index contributed by atoms with van der Waals surface area (Å²) in [6.45, 7) is 0.687. The smallest absolute Gasteiger partial charge is 0.226 e. The molecule has 1 saturated carbocycles. The maximum atomic E-state index is 14.2. The Balaban J connectivity index is 1.46. The fraction of sp³-hybridized carbons (Fsp3) is 0.391. The van der Waals surface area contributed by atoms with Crippen LogP contribution in [0.25, 0.3) is 0 Å². The molecule has 0 radical (unpaired) electrons. The van der Waals surface area contributed by atoms with Crippen LogP contribution in [0.3, 0.4) is 0 Å². The molecule has 146 valence electrons. The average Bonchev–Trinajstić information content (AvgIpc) is 3.41. The molecule has 1 aliphatic carbocycles. The van der Waals surface area contributed by atoms with E-state index >= 15 is 0 Å². The number of rotatable bonds is 6. The molecule has 2 aliphatic rings. The second-order valence-electron chi connectivity index (χ2n) is 7.63. The van der Waals surface area contributed by atoms with Crippen LogP contribution in [0.5, 0.6) is 0 Å². The predicted octanol–water partition coefficient (Wildman–Crippen LogP) is 4.54. The predicted molar refractivity (Wildman–Crippen MR) is 106 cm³/mol. The van der Waals surface area contributed by atoms with Gasteiger partial charge >= 0.3 is 0 Å². The monoisotopic (exact) mass is 380 g/mol. The van der Waals surface area contributed by atoms with E-state index in [9.17, 15) is 9.18 Å². The Morgan fingerprint density at radius 3 is 2.54 bits per heavy atom. The van der Waals surface area contributed by atoms with Crippen LogP contribution in [0.15, 0.2) is 59.8 Å². The van der Waals surface area contributed by atoms with E-state index in [1.807, 2.05) is 30.3 Å². The number of carbonyl (C=O) groups is 1. The van der Waals surface area contributed by atoms with Crippen molar-refractivity contribution in [2.75, 3.05) is 6.54 Å². The quantitative estimate of drug-likeness (QED) is 0.738.